The number of hydrogen-bond acceptors (Lipinski definition) is 6. The van der Waals surface area contributed by atoms with Crippen LogP contribution in [0.25, 0.3) is 11.0 Å². The number of anilines is 1. The van der Waals surface area contributed by atoms with Crippen LogP contribution < -0.4 is 15.4 Å². The molecule has 1 amide bonds. The van der Waals surface area contributed by atoms with E-state index < -0.39 is 12.0 Å². The minimum Gasteiger partial charge on any atom is -0.477 e. The molecule has 1 atom stereocenters. The number of benzene rings is 2. The SMILES string of the molecule is NC(=O)C1CN(Cc2ccc3nonc3c2)c2ccccc2O1. The van der Waals surface area contributed by atoms with Crippen LogP contribution in [-0.2, 0) is 11.3 Å². The average molecular weight is 310 g/mol. The molecule has 7 nitrogen and oxygen atoms in total. The Balaban J connectivity index is 1.67. The number of amides is 1. The maximum absolute atomic E-state index is 11.5. The Kier molecular flexibility index (Phi) is 3.11. The van der Waals surface area contributed by atoms with E-state index in [1.54, 1.807) is 0 Å². The first kappa shape index (κ1) is 13.6. The second-order valence-electron chi connectivity index (χ2n) is 5.44. The second-order valence-corrected chi connectivity index (χ2v) is 5.44. The molecule has 0 radical (unpaired) electrons. The third kappa shape index (κ3) is 2.46. The normalized spacial score (nSPS) is 16.9. The monoisotopic (exact) mass is 310 g/mol. The van der Waals surface area contributed by atoms with Gasteiger partial charge in [0.1, 0.15) is 16.8 Å². The minimum atomic E-state index is -0.664. The highest BCUT2D eigenvalue weighted by molar-refractivity contribution is 5.81. The lowest BCUT2D eigenvalue weighted by atomic mass is 10.1. The van der Waals surface area contributed by atoms with Gasteiger partial charge in [-0.15, -0.1) is 0 Å². The van der Waals surface area contributed by atoms with Crippen molar-refractivity contribution in [2.24, 2.45) is 5.73 Å². The zero-order valence-electron chi connectivity index (χ0n) is 12.2. The highest BCUT2D eigenvalue weighted by Crippen LogP contribution is 2.34. The van der Waals surface area contributed by atoms with Gasteiger partial charge in [-0.05, 0) is 40.1 Å². The molecule has 4 rings (SSSR count). The number of primary amides is 1. The average Bonchev–Trinajstić information content (AvgIpc) is 3.02. The molecule has 0 aliphatic carbocycles. The molecule has 1 aromatic heterocycles. The highest BCUT2D eigenvalue weighted by atomic mass is 16.6. The largest absolute Gasteiger partial charge is 0.477 e. The number of carbonyl (C=O) groups excluding carboxylic acids is 1. The van der Waals surface area contributed by atoms with Gasteiger partial charge in [-0.25, -0.2) is 4.63 Å². The fourth-order valence-electron chi connectivity index (χ4n) is 2.75. The summed E-state index contributed by atoms with van der Waals surface area (Å²) in [6, 6.07) is 13.3. The van der Waals surface area contributed by atoms with Crippen molar-refractivity contribution in [1.29, 1.82) is 0 Å². The van der Waals surface area contributed by atoms with Gasteiger partial charge in [0.25, 0.3) is 5.91 Å². The third-order valence-electron chi connectivity index (χ3n) is 3.87. The highest BCUT2D eigenvalue weighted by Gasteiger charge is 2.29. The van der Waals surface area contributed by atoms with Crippen molar-refractivity contribution in [3.63, 3.8) is 0 Å². The van der Waals surface area contributed by atoms with E-state index in [1.165, 1.54) is 0 Å². The van der Waals surface area contributed by atoms with Crippen LogP contribution >= 0.6 is 0 Å². The molecule has 7 heteroatoms. The van der Waals surface area contributed by atoms with Crippen molar-refractivity contribution >= 4 is 22.6 Å². The standard InChI is InChI=1S/C16H14N4O3/c17-16(21)15-9-20(13-3-1-2-4-14(13)22-15)8-10-5-6-11-12(7-10)19-23-18-11/h1-7,15H,8-9H2,(H2,17,21). The molecule has 0 saturated heterocycles. The smallest absolute Gasteiger partial charge is 0.260 e. The summed E-state index contributed by atoms with van der Waals surface area (Å²) in [4.78, 5) is 13.6. The Hall–Kier alpha value is -3.09. The van der Waals surface area contributed by atoms with Gasteiger partial charge < -0.3 is 15.4 Å². The predicted molar refractivity (Wildman–Crippen MR) is 82.9 cm³/mol. The van der Waals surface area contributed by atoms with E-state index in [1.807, 2.05) is 42.5 Å². The van der Waals surface area contributed by atoms with Crippen LogP contribution in [0.4, 0.5) is 5.69 Å². The first-order chi connectivity index (χ1) is 11.2. The van der Waals surface area contributed by atoms with Crippen LogP contribution in [0.1, 0.15) is 5.56 Å². The molecule has 1 unspecified atom stereocenters. The summed E-state index contributed by atoms with van der Waals surface area (Å²) in [6.45, 7) is 1.01. The lowest BCUT2D eigenvalue weighted by molar-refractivity contribution is -0.124. The summed E-state index contributed by atoms with van der Waals surface area (Å²) in [6.07, 6.45) is -0.664. The Bertz CT molecular complexity index is 876. The predicted octanol–water partition coefficient (Wildman–Crippen LogP) is 1.48. The van der Waals surface area contributed by atoms with Crippen molar-refractivity contribution in [2.75, 3.05) is 11.4 Å². The molecule has 2 aromatic carbocycles. The van der Waals surface area contributed by atoms with Crippen LogP contribution in [0.3, 0.4) is 0 Å². The van der Waals surface area contributed by atoms with Gasteiger partial charge >= 0.3 is 0 Å². The van der Waals surface area contributed by atoms with E-state index in [-0.39, 0.29) is 0 Å². The number of aromatic nitrogens is 2. The number of fused-ring (bicyclic) bond motifs is 2. The fourth-order valence-corrected chi connectivity index (χ4v) is 2.75. The molecule has 0 bridgehead atoms. The third-order valence-corrected chi connectivity index (χ3v) is 3.87. The van der Waals surface area contributed by atoms with Crippen molar-refractivity contribution < 1.29 is 14.2 Å². The molecule has 0 spiro atoms. The van der Waals surface area contributed by atoms with Crippen molar-refractivity contribution in [1.82, 2.24) is 10.3 Å². The topological polar surface area (TPSA) is 94.5 Å². The molecular weight excluding hydrogens is 296 g/mol. The zero-order chi connectivity index (χ0) is 15.8. The Morgan fingerprint density at radius 1 is 1.22 bits per heavy atom. The molecule has 23 heavy (non-hydrogen) atoms. The molecule has 0 saturated carbocycles. The summed E-state index contributed by atoms with van der Waals surface area (Å²) >= 11 is 0. The van der Waals surface area contributed by atoms with Crippen molar-refractivity contribution in [3.8, 4) is 5.75 Å². The lowest BCUT2D eigenvalue weighted by Crippen LogP contribution is -2.46. The zero-order valence-corrected chi connectivity index (χ0v) is 12.2. The van der Waals surface area contributed by atoms with Crippen LogP contribution in [0, 0.1) is 0 Å². The molecule has 1 aliphatic rings. The lowest BCUT2D eigenvalue weighted by Gasteiger charge is -2.35. The van der Waals surface area contributed by atoms with Gasteiger partial charge in [0.15, 0.2) is 6.10 Å². The number of rotatable bonds is 3. The summed E-state index contributed by atoms with van der Waals surface area (Å²) in [7, 11) is 0. The van der Waals surface area contributed by atoms with Crippen LogP contribution in [0.5, 0.6) is 5.75 Å². The van der Waals surface area contributed by atoms with Gasteiger partial charge in [-0.1, -0.05) is 18.2 Å². The molecule has 2 heterocycles. The van der Waals surface area contributed by atoms with E-state index in [9.17, 15) is 4.79 Å². The van der Waals surface area contributed by atoms with Gasteiger partial charge in [0.05, 0.1) is 12.2 Å². The van der Waals surface area contributed by atoms with Gasteiger partial charge in [0.2, 0.25) is 0 Å². The van der Waals surface area contributed by atoms with E-state index in [2.05, 4.69) is 15.2 Å². The van der Waals surface area contributed by atoms with Gasteiger partial charge in [-0.3, -0.25) is 4.79 Å². The molecular formula is C16H14N4O3. The Morgan fingerprint density at radius 2 is 2.04 bits per heavy atom. The molecule has 116 valence electrons. The van der Waals surface area contributed by atoms with Crippen LogP contribution in [-0.4, -0.2) is 28.9 Å². The van der Waals surface area contributed by atoms with Crippen LogP contribution in [0.2, 0.25) is 0 Å². The van der Waals surface area contributed by atoms with E-state index in [4.69, 9.17) is 15.1 Å². The Labute approximate surface area is 131 Å². The number of para-hydroxylation sites is 2. The quantitative estimate of drug-likeness (QED) is 0.787. The number of ether oxygens (including phenoxy) is 1. The number of nitrogens with zero attached hydrogens (tertiary/aromatic N) is 3. The maximum Gasteiger partial charge on any atom is 0.260 e. The van der Waals surface area contributed by atoms with Gasteiger partial charge in [0, 0.05) is 6.54 Å². The number of hydrogen-bond donors (Lipinski definition) is 1. The van der Waals surface area contributed by atoms with Crippen LogP contribution in [0.15, 0.2) is 47.1 Å². The molecule has 0 fully saturated rings. The number of carbonyl (C=O) groups is 1. The second kappa shape index (κ2) is 5.28. The minimum absolute atomic E-state index is 0.404. The van der Waals surface area contributed by atoms with E-state index in [0.717, 1.165) is 11.3 Å². The van der Waals surface area contributed by atoms with E-state index in [0.29, 0.717) is 29.9 Å². The summed E-state index contributed by atoms with van der Waals surface area (Å²) in [5.74, 6) is 0.187. The number of nitrogens with two attached hydrogens (primary N) is 1. The maximum atomic E-state index is 11.5. The fraction of sp³-hybridized carbons (Fsp3) is 0.188. The first-order valence-corrected chi connectivity index (χ1v) is 7.22. The summed E-state index contributed by atoms with van der Waals surface area (Å²) < 4.78 is 10.4. The first-order valence-electron chi connectivity index (χ1n) is 7.22. The summed E-state index contributed by atoms with van der Waals surface area (Å²) in [5.41, 5.74) is 8.81. The van der Waals surface area contributed by atoms with Crippen molar-refractivity contribution in [3.05, 3.63) is 48.0 Å². The molecule has 3 aromatic rings. The van der Waals surface area contributed by atoms with Gasteiger partial charge in [-0.2, -0.15) is 0 Å². The summed E-state index contributed by atoms with van der Waals surface area (Å²) in [5, 5.41) is 7.65. The molecule has 1 aliphatic heterocycles. The Morgan fingerprint density at radius 3 is 2.91 bits per heavy atom. The van der Waals surface area contributed by atoms with Crippen molar-refractivity contribution in [2.45, 2.75) is 12.6 Å². The molecule has 2 N–H and O–H groups in total. The van der Waals surface area contributed by atoms with E-state index >= 15 is 0 Å².